The third kappa shape index (κ3) is 21.7. The fraction of sp³-hybridized carbons (Fsp3) is 0.538. The SMILES string of the molecule is C=CC(=O)N1CCN(c2nc(OC[C@@H]3CCCN3C)nc3c2CCN(c2cccc(C)c2Cl)C3)C[C@@H]1CC#N.CN(C)C/C=C/C(=O)N1CCN(c2nc(OC[C@H]3CCCN3C)nc3c2CCN(c2cccc(Cl)c2C(F)(F)F)C3)C[C@@H]1CC#N.[C-]#[N+]C[C@H]1CN(c2nc(OC[C@@H]3CCCN3C)nc3c2CCN(c2ccc(F)c(C)c2C)C3)CCN1C(=O)C=C. The number of benzene rings is 3. The molecular formula is C91H114Cl2F4N22O6. The normalized spacial score (nSPS) is 21.1. The number of aromatic nitrogens is 6. The minimum Gasteiger partial charge on any atom is -0.462 e. The van der Waals surface area contributed by atoms with E-state index in [-0.39, 0.29) is 90.4 Å². The number of nitriles is 2. The van der Waals surface area contributed by atoms with Crippen LogP contribution in [-0.4, -0.2) is 284 Å². The molecule has 3 amide bonds. The second-order valence-corrected chi connectivity index (χ2v) is 34.7. The van der Waals surface area contributed by atoms with Crippen molar-refractivity contribution in [3.8, 4) is 30.2 Å². The third-order valence-corrected chi connectivity index (χ3v) is 26.5. The van der Waals surface area contributed by atoms with Gasteiger partial charge in [0, 0.05) is 132 Å². The highest BCUT2D eigenvalue weighted by atomic mass is 35.5. The number of anilines is 6. The minimum atomic E-state index is -4.62. The van der Waals surface area contributed by atoms with Gasteiger partial charge in [-0.25, -0.2) is 11.0 Å². The van der Waals surface area contributed by atoms with E-state index in [4.69, 9.17) is 73.9 Å². The van der Waals surface area contributed by atoms with Crippen molar-refractivity contribution in [3.63, 3.8) is 0 Å². The van der Waals surface area contributed by atoms with E-state index in [1.165, 1.54) is 42.8 Å². The topological polar surface area (TPSA) is 250 Å². The minimum absolute atomic E-state index is 0.00407. The second kappa shape index (κ2) is 41.6. The zero-order chi connectivity index (χ0) is 88.9. The van der Waals surface area contributed by atoms with Gasteiger partial charge in [-0.1, -0.05) is 60.6 Å². The molecule has 3 aromatic heterocycles. The smallest absolute Gasteiger partial charge is 0.419 e. The van der Waals surface area contributed by atoms with Crippen LogP contribution in [0.25, 0.3) is 4.85 Å². The maximum absolute atomic E-state index is 14.2. The van der Waals surface area contributed by atoms with Crippen molar-refractivity contribution in [2.45, 2.75) is 153 Å². The molecule has 34 heteroatoms. The van der Waals surface area contributed by atoms with E-state index >= 15 is 0 Å². The van der Waals surface area contributed by atoms with Crippen LogP contribution in [-0.2, 0) is 59.5 Å². The Balaban J connectivity index is 0.000000162. The first-order valence-electron chi connectivity index (χ1n) is 43.3. The molecule has 6 atom stereocenters. The number of carbonyl (C=O) groups excluding carboxylic acids is 3. The number of nitrogens with zero attached hydrogens (tertiary/aromatic N) is 22. The molecule has 0 bridgehead atoms. The summed E-state index contributed by atoms with van der Waals surface area (Å²) in [7, 11) is 10.1. The van der Waals surface area contributed by atoms with Crippen LogP contribution in [0.2, 0.25) is 10.0 Å². The van der Waals surface area contributed by atoms with Crippen molar-refractivity contribution in [2.24, 2.45) is 0 Å². The summed E-state index contributed by atoms with van der Waals surface area (Å²) in [6, 6.07) is 19.1. The Morgan fingerprint density at radius 1 is 0.544 bits per heavy atom. The van der Waals surface area contributed by atoms with Crippen LogP contribution in [0.3, 0.4) is 0 Å². The zero-order valence-corrected chi connectivity index (χ0v) is 74.4. The van der Waals surface area contributed by atoms with Crippen molar-refractivity contribution in [1.82, 2.24) is 64.2 Å². The number of alkyl halides is 3. The van der Waals surface area contributed by atoms with Gasteiger partial charge < -0.3 is 82.8 Å². The number of carbonyl (C=O) groups is 3. The van der Waals surface area contributed by atoms with Gasteiger partial charge in [-0.15, -0.1) is 0 Å². The van der Waals surface area contributed by atoms with E-state index < -0.39 is 11.7 Å². The summed E-state index contributed by atoms with van der Waals surface area (Å²) in [5, 5.41) is 19.5. The Bertz CT molecular complexity index is 5060. The number of rotatable bonds is 23. The number of fused-ring (bicyclic) bond motifs is 3. The number of hydrogen-bond donors (Lipinski definition) is 0. The van der Waals surface area contributed by atoms with E-state index in [2.05, 4.69) is 89.5 Å². The van der Waals surface area contributed by atoms with Gasteiger partial charge in [0.15, 0.2) is 0 Å². The Morgan fingerprint density at radius 3 is 1.38 bits per heavy atom. The van der Waals surface area contributed by atoms with Gasteiger partial charge >= 0.3 is 24.2 Å². The summed E-state index contributed by atoms with van der Waals surface area (Å²) < 4.78 is 75.0. The standard InChI is InChI=1S/C32H40ClF3N8O2.C30H38FN7O2.C29H36ClN7O2/c1-40(2)14-6-10-28(45)44-18-17-43(19-22(44)11-13-37)30-24-12-16-42(27-9-4-8-25(33)29(27)32(34,35)36)20-26(24)38-31(39-30)46-21-23-7-5-15-41(23)3;1-6-28(39)38-15-14-37(17-23(38)16-32-4)29-24-11-13-36(27-10-9-25(31)20(2)21(27)3)18-26(24)33-30(34-29)40-19-22-8-7-12-35(22)5;1-4-26(38)37-16-15-36(17-21(37)10-12-31)28-23-11-14-35(25-9-5-7-20(2)27(25)30)18-24(23)32-29(33-28)39-19-22-8-6-13-34(22)3/h4,6,8-10,22-23H,5,7,11-12,14-21H2,1-3H3;6,9-10,22-23H,1,7-8,11-19H2,2-3,5H3;4-5,7,9,21-22H,1,6,8,10-11,13-19H2,2-3H3/b10-6+;;/t22-,23+;22-,23-;21-,22-/m000/s1. The molecule has 0 N–H and O–H groups in total. The molecule has 6 fully saturated rings. The molecule has 125 heavy (non-hydrogen) atoms. The van der Waals surface area contributed by atoms with Crippen LogP contribution < -0.4 is 43.6 Å². The Morgan fingerprint density at radius 2 is 0.960 bits per heavy atom. The maximum atomic E-state index is 14.2. The lowest BCUT2D eigenvalue weighted by molar-refractivity contribution is -0.137. The van der Waals surface area contributed by atoms with Gasteiger partial charge in [-0.3, -0.25) is 14.4 Å². The molecule has 0 unspecified atom stereocenters. The van der Waals surface area contributed by atoms with Crippen molar-refractivity contribution < 1.29 is 46.2 Å². The summed E-state index contributed by atoms with van der Waals surface area (Å²) in [4.78, 5) is 97.5. The molecule has 9 aliphatic heterocycles. The van der Waals surface area contributed by atoms with E-state index in [1.54, 1.807) is 31.8 Å². The van der Waals surface area contributed by atoms with Crippen molar-refractivity contribution in [3.05, 3.63) is 169 Å². The Hall–Kier alpha value is -10.7. The predicted octanol–water partition coefficient (Wildman–Crippen LogP) is 11.2. The molecule has 6 saturated heterocycles. The second-order valence-electron chi connectivity index (χ2n) is 33.9. The molecule has 0 aliphatic carbocycles. The van der Waals surface area contributed by atoms with Crippen molar-refractivity contribution in [2.75, 3.05) is 196 Å². The van der Waals surface area contributed by atoms with E-state index in [0.717, 1.165) is 145 Å². The largest absolute Gasteiger partial charge is 0.462 e. The highest BCUT2D eigenvalue weighted by Crippen LogP contribution is 2.45. The number of likely N-dealkylation sites (tertiary alicyclic amines) is 3. The lowest BCUT2D eigenvalue weighted by Crippen LogP contribution is -2.56. The predicted molar refractivity (Wildman–Crippen MR) is 475 cm³/mol. The number of piperazine rings is 3. The monoisotopic (exact) mass is 1760 g/mol. The van der Waals surface area contributed by atoms with Gasteiger partial charge in [-0.05, 0) is 193 Å². The fourth-order valence-corrected chi connectivity index (χ4v) is 18.9. The molecule has 0 radical (unpaired) electrons. The number of amides is 3. The lowest BCUT2D eigenvalue weighted by atomic mass is 10.0. The van der Waals surface area contributed by atoms with Gasteiger partial charge in [-0.2, -0.15) is 53.6 Å². The van der Waals surface area contributed by atoms with Crippen LogP contribution in [0.4, 0.5) is 52.1 Å². The van der Waals surface area contributed by atoms with Crippen molar-refractivity contribution in [1.29, 1.82) is 10.5 Å². The number of ether oxygens (including phenoxy) is 3. The Labute approximate surface area is 741 Å². The summed E-state index contributed by atoms with van der Waals surface area (Å²) in [5.41, 5.74) is 9.21. The molecule has 3 aromatic carbocycles. The highest BCUT2D eigenvalue weighted by Gasteiger charge is 2.42. The van der Waals surface area contributed by atoms with E-state index in [1.807, 2.05) is 65.0 Å². The fourth-order valence-electron chi connectivity index (χ4n) is 18.4. The zero-order valence-electron chi connectivity index (χ0n) is 72.9. The lowest BCUT2D eigenvalue weighted by Gasteiger charge is -2.42. The van der Waals surface area contributed by atoms with Gasteiger partial charge in [0.05, 0.1) is 101 Å². The molecule has 0 spiro atoms. The first kappa shape index (κ1) is 92.0. The van der Waals surface area contributed by atoms with Gasteiger partial charge in [0.2, 0.25) is 24.3 Å². The average molecular weight is 1760 g/mol. The molecule has 9 aliphatic rings. The molecular weight excluding hydrogens is 1640 g/mol. The molecule has 12 heterocycles. The summed E-state index contributed by atoms with van der Waals surface area (Å²) in [6.07, 6.45) is 10.2. The summed E-state index contributed by atoms with van der Waals surface area (Å²) >= 11 is 12.7. The van der Waals surface area contributed by atoms with Crippen LogP contribution in [0.15, 0.2) is 86.0 Å². The average Bonchev–Trinajstić information content (AvgIpc) is 0.864. The molecule has 15 rings (SSSR count). The third-order valence-electron chi connectivity index (χ3n) is 25.7. The van der Waals surface area contributed by atoms with Gasteiger partial charge in [0.25, 0.3) is 0 Å². The van der Waals surface area contributed by atoms with Crippen molar-refractivity contribution >= 4 is 75.4 Å². The first-order valence-corrected chi connectivity index (χ1v) is 44.0. The first-order chi connectivity index (χ1) is 60.1. The number of aryl methyl sites for hydroxylation is 1. The van der Waals surface area contributed by atoms with E-state index in [9.17, 15) is 42.5 Å². The molecule has 0 saturated carbocycles. The number of halogens is 6. The van der Waals surface area contributed by atoms with Gasteiger partial charge in [0.1, 0.15) is 49.1 Å². The quantitative estimate of drug-likeness (QED) is 0.0328. The van der Waals surface area contributed by atoms with Crippen LogP contribution in [0.1, 0.15) is 107 Å². The highest BCUT2D eigenvalue weighted by molar-refractivity contribution is 6.34. The Kier molecular flexibility index (Phi) is 30.7. The molecule has 666 valence electrons. The summed E-state index contributed by atoms with van der Waals surface area (Å²) in [5.74, 6) is 1.68. The maximum Gasteiger partial charge on any atom is 0.419 e. The van der Waals surface area contributed by atoms with E-state index in [0.29, 0.717) is 153 Å². The molecule has 6 aromatic rings. The number of likely N-dealkylation sites (N-methyl/N-ethyl adjacent to an activating group) is 4. The van der Waals surface area contributed by atoms with Crippen LogP contribution in [0.5, 0.6) is 18.0 Å². The van der Waals surface area contributed by atoms with Crippen LogP contribution in [0, 0.1) is 55.8 Å². The van der Waals surface area contributed by atoms with Crippen LogP contribution >= 0.6 is 23.2 Å². The molecule has 28 nitrogen and oxygen atoms in total. The summed E-state index contributed by atoms with van der Waals surface area (Å²) in [6.45, 7) is 33.5. The number of hydrogen-bond acceptors (Lipinski definition) is 24.